The van der Waals surface area contributed by atoms with Gasteiger partial charge in [-0.2, -0.15) is 0 Å². The fraction of sp³-hybridized carbons (Fsp3) is 0.250. The van der Waals surface area contributed by atoms with Crippen LogP contribution in [-0.4, -0.2) is 22.6 Å². The number of halogens is 2. The first kappa shape index (κ1) is 19.4. The van der Waals surface area contributed by atoms with Crippen LogP contribution in [0, 0.1) is 0 Å². The van der Waals surface area contributed by atoms with Crippen molar-refractivity contribution < 1.29 is 9.21 Å². The molecule has 1 heterocycles. The maximum absolute atomic E-state index is 12.0. The maximum Gasteiger partial charge on any atom is 0.247 e. The van der Waals surface area contributed by atoms with Gasteiger partial charge in [-0.25, -0.2) is 0 Å². The predicted octanol–water partition coefficient (Wildman–Crippen LogP) is 4.73. The summed E-state index contributed by atoms with van der Waals surface area (Å²) in [5.41, 5.74) is 1.88. The van der Waals surface area contributed by atoms with Crippen LogP contribution in [0.25, 0.3) is 11.5 Å². The zero-order chi connectivity index (χ0) is 19.1. The molecular formula is C20H19Cl2N3O2. The van der Waals surface area contributed by atoms with Crippen molar-refractivity contribution in [2.24, 2.45) is 0 Å². The van der Waals surface area contributed by atoms with Gasteiger partial charge in [0.2, 0.25) is 17.7 Å². The van der Waals surface area contributed by atoms with E-state index in [0.29, 0.717) is 54.1 Å². The molecule has 0 bridgehead atoms. The van der Waals surface area contributed by atoms with Gasteiger partial charge < -0.3 is 9.73 Å². The Labute approximate surface area is 167 Å². The number of nitrogens with one attached hydrogen (secondary N) is 1. The molecule has 7 heteroatoms. The number of aryl methyl sites for hydroxylation is 1. The second-order valence-corrected chi connectivity index (χ2v) is 6.97. The highest BCUT2D eigenvalue weighted by molar-refractivity contribution is 6.34. The highest BCUT2D eigenvalue weighted by Gasteiger charge is 2.09. The first-order valence-corrected chi connectivity index (χ1v) is 9.45. The lowest BCUT2D eigenvalue weighted by molar-refractivity contribution is -0.121. The van der Waals surface area contributed by atoms with E-state index in [1.807, 2.05) is 42.5 Å². The third-order valence-electron chi connectivity index (χ3n) is 3.94. The molecule has 27 heavy (non-hydrogen) atoms. The summed E-state index contributed by atoms with van der Waals surface area (Å²) >= 11 is 11.9. The molecule has 0 unspecified atom stereocenters. The Morgan fingerprint density at radius 1 is 1.00 bits per heavy atom. The molecule has 0 radical (unpaired) electrons. The Hall–Kier alpha value is -2.37. The van der Waals surface area contributed by atoms with Crippen molar-refractivity contribution in [3.8, 4) is 11.5 Å². The molecule has 1 aromatic heterocycles. The molecule has 0 aliphatic heterocycles. The molecule has 2 aromatic carbocycles. The molecule has 3 rings (SSSR count). The normalized spacial score (nSPS) is 10.7. The van der Waals surface area contributed by atoms with Crippen LogP contribution in [0.15, 0.2) is 52.9 Å². The number of benzene rings is 2. The highest BCUT2D eigenvalue weighted by Crippen LogP contribution is 2.19. The van der Waals surface area contributed by atoms with E-state index in [-0.39, 0.29) is 5.91 Å². The lowest BCUT2D eigenvalue weighted by Crippen LogP contribution is -2.25. The molecular weight excluding hydrogens is 385 g/mol. The summed E-state index contributed by atoms with van der Waals surface area (Å²) in [6.45, 7) is 0.536. The van der Waals surface area contributed by atoms with Crippen LogP contribution in [0.2, 0.25) is 10.0 Å². The van der Waals surface area contributed by atoms with Gasteiger partial charge in [0.1, 0.15) is 0 Å². The second-order valence-electron chi connectivity index (χ2n) is 6.10. The van der Waals surface area contributed by atoms with E-state index < -0.39 is 0 Å². The highest BCUT2D eigenvalue weighted by atomic mass is 35.5. The van der Waals surface area contributed by atoms with Crippen LogP contribution in [0.1, 0.15) is 24.3 Å². The van der Waals surface area contributed by atoms with Gasteiger partial charge in [0.15, 0.2) is 0 Å². The molecule has 5 nitrogen and oxygen atoms in total. The SMILES string of the molecule is O=C(CCCc1nnc(-c2ccccc2)o1)NCCc1cc(Cl)cc(Cl)c1. The monoisotopic (exact) mass is 403 g/mol. The molecule has 0 spiro atoms. The quantitative estimate of drug-likeness (QED) is 0.590. The second kappa shape index (κ2) is 9.53. The van der Waals surface area contributed by atoms with Gasteiger partial charge in [-0.05, 0) is 48.7 Å². The van der Waals surface area contributed by atoms with Gasteiger partial charge in [-0.15, -0.1) is 10.2 Å². The number of hydrogen-bond acceptors (Lipinski definition) is 4. The standard InChI is InChI=1S/C20H19Cl2N3O2/c21-16-11-14(12-17(22)13-16)9-10-23-18(26)7-4-8-19-24-25-20(27-19)15-5-2-1-3-6-15/h1-3,5-6,11-13H,4,7-10H2,(H,23,26). The largest absolute Gasteiger partial charge is 0.421 e. The van der Waals surface area contributed by atoms with Crippen molar-refractivity contribution in [2.45, 2.75) is 25.7 Å². The van der Waals surface area contributed by atoms with Crippen molar-refractivity contribution in [1.29, 1.82) is 0 Å². The smallest absolute Gasteiger partial charge is 0.247 e. The minimum absolute atomic E-state index is 0.00840. The summed E-state index contributed by atoms with van der Waals surface area (Å²) in [6, 6.07) is 15.0. The zero-order valence-corrected chi connectivity index (χ0v) is 16.1. The number of aromatic nitrogens is 2. The average Bonchev–Trinajstić information content (AvgIpc) is 3.11. The number of rotatable bonds is 8. The van der Waals surface area contributed by atoms with Crippen LogP contribution >= 0.6 is 23.2 Å². The summed E-state index contributed by atoms with van der Waals surface area (Å²) in [6.07, 6.45) is 2.29. The maximum atomic E-state index is 12.0. The number of carbonyl (C=O) groups excluding carboxylic acids is 1. The molecule has 0 aliphatic rings. The first-order valence-electron chi connectivity index (χ1n) is 8.69. The molecule has 0 saturated carbocycles. The fourth-order valence-electron chi connectivity index (χ4n) is 2.64. The topological polar surface area (TPSA) is 68.0 Å². The van der Waals surface area contributed by atoms with Crippen molar-refractivity contribution >= 4 is 29.1 Å². The van der Waals surface area contributed by atoms with E-state index in [4.69, 9.17) is 27.6 Å². The van der Waals surface area contributed by atoms with E-state index in [1.165, 1.54) is 0 Å². The summed E-state index contributed by atoms with van der Waals surface area (Å²) in [5, 5.41) is 12.2. The minimum atomic E-state index is -0.00840. The van der Waals surface area contributed by atoms with E-state index in [1.54, 1.807) is 6.07 Å². The lowest BCUT2D eigenvalue weighted by atomic mass is 10.1. The Bertz CT molecular complexity index is 877. The summed E-state index contributed by atoms with van der Waals surface area (Å²) in [7, 11) is 0. The summed E-state index contributed by atoms with van der Waals surface area (Å²) < 4.78 is 5.63. The van der Waals surface area contributed by atoms with Crippen LogP contribution < -0.4 is 5.32 Å². The van der Waals surface area contributed by atoms with Crippen molar-refractivity contribution in [1.82, 2.24) is 15.5 Å². The predicted molar refractivity (Wildman–Crippen MR) is 106 cm³/mol. The van der Waals surface area contributed by atoms with Crippen molar-refractivity contribution in [2.75, 3.05) is 6.54 Å². The number of carbonyl (C=O) groups is 1. The number of hydrogen-bond donors (Lipinski definition) is 1. The molecule has 0 aliphatic carbocycles. The van der Waals surface area contributed by atoms with Crippen molar-refractivity contribution in [3.63, 3.8) is 0 Å². The Kier molecular flexibility index (Phi) is 6.85. The number of nitrogens with zero attached hydrogens (tertiary/aromatic N) is 2. The Morgan fingerprint density at radius 2 is 1.74 bits per heavy atom. The minimum Gasteiger partial charge on any atom is -0.421 e. The van der Waals surface area contributed by atoms with Crippen LogP contribution in [0.3, 0.4) is 0 Å². The van der Waals surface area contributed by atoms with Crippen molar-refractivity contribution in [3.05, 3.63) is 70.0 Å². The van der Waals surface area contributed by atoms with E-state index in [9.17, 15) is 4.79 Å². The third kappa shape index (κ3) is 6.08. The van der Waals surface area contributed by atoms with Crippen LogP contribution in [-0.2, 0) is 17.6 Å². The molecule has 0 fully saturated rings. The molecule has 1 amide bonds. The molecule has 0 atom stereocenters. The zero-order valence-electron chi connectivity index (χ0n) is 14.6. The van der Waals surface area contributed by atoms with Gasteiger partial charge in [0, 0.05) is 35.0 Å². The first-order chi connectivity index (χ1) is 13.1. The molecule has 0 saturated heterocycles. The fourth-order valence-corrected chi connectivity index (χ4v) is 3.21. The van der Waals surface area contributed by atoms with Crippen LogP contribution in [0.5, 0.6) is 0 Å². The molecule has 140 valence electrons. The Morgan fingerprint density at radius 3 is 2.48 bits per heavy atom. The van der Waals surface area contributed by atoms with E-state index in [0.717, 1.165) is 11.1 Å². The van der Waals surface area contributed by atoms with Gasteiger partial charge in [-0.3, -0.25) is 4.79 Å². The Balaban J connectivity index is 1.38. The molecule has 1 N–H and O–H groups in total. The van der Waals surface area contributed by atoms with E-state index >= 15 is 0 Å². The van der Waals surface area contributed by atoms with Gasteiger partial charge in [0.25, 0.3) is 0 Å². The lowest BCUT2D eigenvalue weighted by Gasteiger charge is -2.06. The van der Waals surface area contributed by atoms with Gasteiger partial charge >= 0.3 is 0 Å². The average molecular weight is 404 g/mol. The van der Waals surface area contributed by atoms with Gasteiger partial charge in [-0.1, -0.05) is 41.4 Å². The van der Waals surface area contributed by atoms with Gasteiger partial charge in [0.05, 0.1) is 0 Å². The molecule has 3 aromatic rings. The third-order valence-corrected chi connectivity index (χ3v) is 4.38. The number of amides is 1. The van der Waals surface area contributed by atoms with Crippen LogP contribution in [0.4, 0.5) is 0 Å². The summed E-state index contributed by atoms with van der Waals surface area (Å²) in [4.78, 5) is 12.0. The van der Waals surface area contributed by atoms with E-state index in [2.05, 4.69) is 15.5 Å². The summed E-state index contributed by atoms with van der Waals surface area (Å²) in [5.74, 6) is 1.02.